The Kier molecular flexibility index (Phi) is 3.85. The molecule has 2 aromatic rings. The van der Waals surface area contributed by atoms with Gasteiger partial charge in [-0.25, -0.2) is 0 Å². The second-order valence-electron chi connectivity index (χ2n) is 4.53. The lowest BCUT2D eigenvalue weighted by atomic mass is 10.0. The number of halogens is 2. The molecule has 0 spiro atoms. The summed E-state index contributed by atoms with van der Waals surface area (Å²) in [4.78, 5) is 0. The molecule has 0 fully saturated rings. The highest BCUT2D eigenvalue weighted by Crippen LogP contribution is 2.42. The van der Waals surface area contributed by atoms with Crippen molar-refractivity contribution in [2.24, 2.45) is 0 Å². The zero-order chi connectivity index (χ0) is 15.0. The van der Waals surface area contributed by atoms with Crippen molar-refractivity contribution in [1.82, 2.24) is 0 Å². The predicted octanol–water partition coefficient (Wildman–Crippen LogP) is 3.81. The van der Waals surface area contributed by atoms with Gasteiger partial charge in [-0.3, -0.25) is 0 Å². The number of rotatable bonds is 3. The number of ether oxygens (including phenoxy) is 3. The number of methoxy groups -OCH3 is 1. The minimum Gasteiger partial charge on any atom is -0.495 e. The van der Waals surface area contributed by atoms with Crippen LogP contribution >= 0.6 is 23.2 Å². The molecule has 0 saturated carbocycles. The molecule has 1 aliphatic rings. The minimum absolute atomic E-state index is 0.128. The van der Waals surface area contributed by atoms with Crippen molar-refractivity contribution in [2.75, 3.05) is 13.9 Å². The average molecular weight is 327 g/mol. The van der Waals surface area contributed by atoms with Gasteiger partial charge in [-0.15, -0.1) is 0 Å². The Bertz CT molecular complexity index is 688. The molecule has 1 unspecified atom stereocenters. The molecule has 1 N–H and O–H groups in total. The van der Waals surface area contributed by atoms with E-state index in [0.29, 0.717) is 38.4 Å². The Hall–Kier alpha value is -1.62. The van der Waals surface area contributed by atoms with Gasteiger partial charge in [0.05, 0.1) is 17.2 Å². The Labute approximate surface area is 131 Å². The fourth-order valence-corrected chi connectivity index (χ4v) is 2.65. The van der Waals surface area contributed by atoms with E-state index in [0.717, 1.165) is 0 Å². The number of aliphatic hydroxyl groups is 1. The van der Waals surface area contributed by atoms with Crippen LogP contribution in [0.3, 0.4) is 0 Å². The first-order valence-electron chi connectivity index (χ1n) is 6.20. The Morgan fingerprint density at radius 3 is 2.67 bits per heavy atom. The van der Waals surface area contributed by atoms with Gasteiger partial charge >= 0.3 is 0 Å². The molecule has 1 heterocycles. The maximum atomic E-state index is 10.5. The molecule has 21 heavy (non-hydrogen) atoms. The molecule has 1 atom stereocenters. The molecule has 1 aliphatic heterocycles. The van der Waals surface area contributed by atoms with E-state index < -0.39 is 6.10 Å². The molecule has 0 bridgehead atoms. The lowest BCUT2D eigenvalue weighted by Gasteiger charge is -2.14. The van der Waals surface area contributed by atoms with E-state index in [1.807, 2.05) is 0 Å². The van der Waals surface area contributed by atoms with Gasteiger partial charge in [-0.1, -0.05) is 29.3 Å². The fourth-order valence-electron chi connectivity index (χ4n) is 2.18. The number of aliphatic hydroxyl groups excluding tert-OH is 1. The quantitative estimate of drug-likeness (QED) is 0.931. The van der Waals surface area contributed by atoms with Gasteiger partial charge in [-0.2, -0.15) is 0 Å². The van der Waals surface area contributed by atoms with Crippen LogP contribution in [0.4, 0.5) is 0 Å². The van der Waals surface area contributed by atoms with Crippen LogP contribution in [0, 0.1) is 0 Å². The van der Waals surface area contributed by atoms with Crippen LogP contribution < -0.4 is 14.2 Å². The van der Waals surface area contributed by atoms with E-state index in [-0.39, 0.29) is 6.79 Å². The van der Waals surface area contributed by atoms with Crippen molar-refractivity contribution in [3.63, 3.8) is 0 Å². The number of benzene rings is 2. The largest absolute Gasteiger partial charge is 0.495 e. The highest BCUT2D eigenvalue weighted by molar-refractivity contribution is 6.32. The lowest BCUT2D eigenvalue weighted by molar-refractivity contribution is 0.173. The first-order chi connectivity index (χ1) is 10.1. The van der Waals surface area contributed by atoms with E-state index in [2.05, 4.69) is 0 Å². The SMILES string of the molecule is COc1cc(C(O)c2cc(Cl)c3c(c2)OCO3)ccc1Cl. The van der Waals surface area contributed by atoms with Crippen molar-refractivity contribution >= 4 is 23.2 Å². The van der Waals surface area contributed by atoms with Crippen LogP contribution in [0.5, 0.6) is 17.2 Å². The number of hydrogen-bond acceptors (Lipinski definition) is 4. The molecule has 0 radical (unpaired) electrons. The molecule has 2 aromatic carbocycles. The summed E-state index contributed by atoms with van der Waals surface area (Å²) in [7, 11) is 1.52. The Morgan fingerprint density at radius 1 is 1.10 bits per heavy atom. The molecule has 3 rings (SSSR count). The Balaban J connectivity index is 1.99. The van der Waals surface area contributed by atoms with Crippen LogP contribution in [0.1, 0.15) is 17.2 Å². The van der Waals surface area contributed by atoms with Gasteiger partial charge in [-0.05, 0) is 35.4 Å². The van der Waals surface area contributed by atoms with Crippen molar-refractivity contribution in [3.8, 4) is 17.2 Å². The normalized spacial score (nSPS) is 14.1. The molecule has 0 amide bonds. The van der Waals surface area contributed by atoms with E-state index >= 15 is 0 Å². The number of hydrogen-bond donors (Lipinski definition) is 1. The highest BCUT2D eigenvalue weighted by Gasteiger charge is 2.22. The summed E-state index contributed by atoms with van der Waals surface area (Å²) in [6, 6.07) is 8.45. The van der Waals surface area contributed by atoms with Gasteiger partial charge < -0.3 is 19.3 Å². The molecule has 4 nitrogen and oxygen atoms in total. The average Bonchev–Trinajstić information content (AvgIpc) is 2.96. The topological polar surface area (TPSA) is 47.9 Å². The summed E-state index contributed by atoms with van der Waals surface area (Å²) in [6.45, 7) is 0.128. The van der Waals surface area contributed by atoms with Crippen LogP contribution in [-0.4, -0.2) is 19.0 Å². The van der Waals surface area contributed by atoms with Gasteiger partial charge in [0, 0.05) is 0 Å². The zero-order valence-corrected chi connectivity index (χ0v) is 12.6. The summed E-state index contributed by atoms with van der Waals surface area (Å²) in [6.07, 6.45) is -0.872. The van der Waals surface area contributed by atoms with E-state index in [4.69, 9.17) is 37.4 Å². The maximum absolute atomic E-state index is 10.5. The smallest absolute Gasteiger partial charge is 0.231 e. The van der Waals surface area contributed by atoms with Gasteiger partial charge in [0.15, 0.2) is 11.5 Å². The van der Waals surface area contributed by atoms with E-state index in [9.17, 15) is 5.11 Å². The van der Waals surface area contributed by atoms with Crippen molar-refractivity contribution < 1.29 is 19.3 Å². The monoisotopic (exact) mass is 326 g/mol. The molecule has 0 saturated heterocycles. The number of fused-ring (bicyclic) bond motifs is 1. The van der Waals surface area contributed by atoms with Crippen LogP contribution in [0.25, 0.3) is 0 Å². The van der Waals surface area contributed by atoms with E-state index in [1.165, 1.54) is 7.11 Å². The Morgan fingerprint density at radius 2 is 1.90 bits per heavy atom. The molecular formula is C15H12Cl2O4. The minimum atomic E-state index is -0.872. The van der Waals surface area contributed by atoms with Gasteiger partial charge in [0.25, 0.3) is 0 Å². The molecule has 110 valence electrons. The van der Waals surface area contributed by atoms with E-state index in [1.54, 1.807) is 30.3 Å². The van der Waals surface area contributed by atoms with Crippen LogP contribution in [0.2, 0.25) is 10.0 Å². The summed E-state index contributed by atoms with van der Waals surface area (Å²) < 4.78 is 15.7. The van der Waals surface area contributed by atoms with Crippen molar-refractivity contribution in [2.45, 2.75) is 6.10 Å². The predicted molar refractivity (Wildman–Crippen MR) is 79.6 cm³/mol. The lowest BCUT2D eigenvalue weighted by Crippen LogP contribution is -2.00. The van der Waals surface area contributed by atoms with Crippen molar-refractivity contribution in [3.05, 3.63) is 51.5 Å². The maximum Gasteiger partial charge on any atom is 0.231 e. The third-order valence-electron chi connectivity index (χ3n) is 3.26. The third-order valence-corrected chi connectivity index (χ3v) is 3.85. The third kappa shape index (κ3) is 2.62. The summed E-state index contributed by atoms with van der Waals surface area (Å²) >= 11 is 12.1. The molecule has 6 heteroatoms. The summed E-state index contributed by atoms with van der Waals surface area (Å²) in [5.41, 5.74) is 1.25. The highest BCUT2D eigenvalue weighted by atomic mass is 35.5. The van der Waals surface area contributed by atoms with Gasteiger partial charge in [0.2, 0.25) is 6.79 Å². The molecule has 0 aliphatic carbocycles. The summed E-state index contributed by atoms with van der Waals surface area (Å²) in [5.74, 6) is 1.53. The second kappa shape index (κ2) is 5.64. The summed E-state index contributed by atoms with van der Waals surface area (Å²) in [5, 5.41) is 11.4. The fraction of sp³-hybridized carbons (Fsp3) is 0.200. The van der Waals surface area contributed by atoms with Crippen LogP contribution in [-0.2, 0) is 0 Å². The second-order valence-corrected chi connectivity index (χ2v) is 5.35. The van der Waals surface area contributed by atoms with Crippen molar-refractivity contribution in [1.29, 1.82) is 0 Å². The molecular weight excluding hydrogens is 315 g/mol. The van der Waals surface area contributed by atoms with Crippen LogP contribution in [0.15, 0.2) is 30.3 Å². The standard InChI is InChI=1S/C15H12Cl2O4/c1-19-12-5-8(2-3-10(12)16)14(18)9-4-11(17)15-13(6-9)20-7-21-15/h2-6,14,18H,7H2,1H3. The zero-order valence-electron chi connectivity index (χ0n) is 11.1. The molecule has 0 aromatic heterocycles. The van der Waals surface area contributed by atoms with Gasteiger partial charge in [0.1, 0.15) is 11.9 Å². The first-order valence-corrected chi connectivity index (χ1v) is 6.96. The first kappa shape index (κ1) is 14.3.